The number of allylic oxidation sites excluding steroid dienone is 8. The fourth-order valence-corrected chi connectivity index (χ4v) is 10.3. The molecule has 0 bridgehead atoms. The molecule has 1 fully saturated rings. The molecule has 7 rings (SSSR count). The van der Waals surface area contributed by atoms with E-state index >= 15 is 0 Å². The Hall–Kier alpha value is -3.43. The number of nitrogens with zero attached hydrogens (tertiary/aromatic N) is 3. The second kappa shape index (κ2) is 19.5. The molecule has 0 spiro atoms. The van der Waals surface area contributed by atoms with Gasteiger partial charge < -0.3 is 18.9 Å². The third-order valence-electron chi connectivity index (χ3n) is 12.7. The molecule has 1 aliphatic carbocycles. The van der Waals surface area contributed by atoms with Crippen LogP contribution < -0.4 is 65.8 Å². The Morgan fingerprint density at radius 2 is 0.934 bits per heavy atom. The minimum Gasteiger partial charge on any atom is -0.748 e. The van der Waals surface area contributed by atoms with Gasteiger partial charge in [-0.05, 0) is 87.8 Å². The van der Waals surface area contributed by atoms with Crippen LogP contribution in [0.2, 0.25) is 0 Å². The summed E-state index contributed by atoms with van der Waals surface area (Å²) in [7, 11) is -8.73. The van der Waals surface area contributed by atoms with Gasteiger partial charge in [-0.3, -0.25) is 0 Å². The molecular weight excluding hydrogens is 830 g/mol. The van der Waals surface area contributed by atoms with Gasteiger partial charge in [0, 0.05) is 93.6 Å². The molecule has 0 N–H and O–H groups in total. The Labute approximate surface area is 405 Å². The normalized spacial score (nSPS) is 22.6. The van der Waals surface area contributed by atoms with Crippen molar-refractivity contribution < 1.29 is 77.3 Å². The quantitative estimate of drug-likeness (QED) is 0.0787. The minimum absolute atomic E-state index is 0. The number of rotatable bonds is 14. The molecule has 0 aromatic heterocycles. The average molecular weight is 884 g/mol. The smallest absolute Gasteiger partial charge is 0.748 e. The molecule has 4 aromatic rings. The average Bonchev–Trinajstić information content (AvgIpc) is 3.82. The van der Waals surface area contributed by atoms with Gasteiger partial charge in [-0.2, -0.15) is 4.58 Å². The van der Waals surface area contributed by atoms with E-state index in [2.05, 4.69) is 115 Å². The monoisotopic (exact) mass is 883 g/mol. The van der Waals surface area contributed by atoms with Crippen molar-refractivity contribution in [1.29, 1.82) is 0 Å². The Bertz CT molecular complexity index is 2440. The van der Waals surface area contributed by atoms with Gasteiger partial charge in [0.25, 0.3) is 0 Å². The van der Waals surface area contributed by atoms with Gasteiger partial charge in [-0.25, -0.2) is 16.8 Å². The van der Waals surface area contributed by atoms with E-state index in [1.165, 1.54) is 11.1 Å². The molecule has 0 amide bonds. The number of benzene rings is 4. The molecule has 61 heavy (non-hydrogen) atoms. The van der Waals surface area contributed by atoms with Crippen molar-refractivity contribution in [2.24, 2.45) is 0 Å². The maximum Gasteiger partial charge on any atom is 1.00 e. The van der Waals surface area contributed by atoms with E-state index in [9.17, 15) is 25.9 Å². The Morgan fingerprint density at radius 3 is 1.30 bits per heavy atom. The number of anilines is 2. The summed E-state index contributed by atoms with van der Waals surface area (Å²) < 4.78 is 72.4. The molecule has 0 radical (unpaired) electrons. The van der Waals surface area contributed by atoms with Crippen LogP contribution in [-0.4, -0.2) is 56.2 Å². The first-order valence-corrected chi connectivity index (χ1v) is 24.1. The maximum absolute atomic E-state index is 11.7. The van der Waals surface area contributed by atoms with Gasteiger partial charge in [0.05, 0.1) is 20.2 Å². The predicted molar refractivity (Wildman–Crippen MR) is 242 cm³/mol. The summed E-state index contributed by atoms with van der Waals surface area (Å²) in [5.41, 5.74) is 11.2. The van der Waals surface area contributed by atoms with E-state index in [-0.39, 0.29) is 75.1 Å². The second-order valence-electron chi connectivity index (χ2n) is 16.3. The minimum atomic E-state index is -4.36. The molecular formula is C49H54KN3O6S2. The summed E-state index contributed by atoms with van der Waals surface area (Å²) in [4.78, 5) is 4.39. The van der Waals surface area contributed by atoms with Crippen molar-refractivity contribution in [1.82, 2.24) is 4.58 Å². The van der Waals surface area contributed by atoms with Crippen molar-refractivity contribution in [3.05, 3.63) is 167 Å². The largest absolute Gasteiger partial charge is 1.00 e. The summed E-state index contributed by atoms with van der Waals surface area (Å²) in [6.45, 7) is 9.61. The molecule has 2 unspecified atom stereocenters. The van der Waals surface area contributed by atoms with Crippen LogP contribution in [0, 0.1) is 0 Å². The van der Waals surface area contributed by atoms with Crippen LogP contribution in [0.15, 0.2) is 156 Å². The molecule has 2 aliphatic heterocycles. The van der Waals surface area contributed by atoms with Crippen molar-refractivity contribution in [3.8, 4) is 0 Å². The van der Waals surface area contributed by atoms with Gasteiger partial charge >= 0.3 is 51.4 Å². The summed E-state index contributed by atoms with van der Waals surface area (Å²) in [6, 6.07) is 37.2. The molecule has 3 aliphatic rings. The Morgan fingerprint density at radius 1 is 0.574 bits per heavy atom. The summed E-state index contributed by atoms with van der Waals surface area (Å²) >= 11 is 0. The van der Waals surface area contributed by atoms with Crippen LogP contribution in [0.3, 0.4) is 0 Å². The van der Waals surface area contributed by atoms with Crippen LogP contribution in [0.25, 0.3) is 0 Å². The first-order valence-electron chi connectivity index (χ1n) is 20.9. The van der Waals surface area contributed by atoms with Gasteiger partial charge in [-0.15, -0.1) is 0 Å². The van der Waals surface area contributed by atoms with Crippen molar-refractivity contribution >= 4 is 48.7 Å². The van der Waals surface area contributed by atoms with E-state index in [1.54, 1.807) is 0 Å². The topological polar surface area (TPSA) is 124 Å². The van der Waals surface area contributed by atoms with Crippen LogP contribution >= 0.6 is 0 Å². The van der Waals surface area contributed by atoms with Crippen molar-refractivity contribution in [3.63, 3.8) is 0 Å². The molecule has 314 valence electrons. The first kappa shape index (κ1) is 47.1. The van der Waals surface area contributed by atoms with Crippen LogP contribution in [-0.2, 0) is 31.1 Å². The molecule has 4 aromatic carbocycles. The van der Waals surface area contributed by atoms with E-state index < -0.39 is 31.7 Å². The van der Waals surface area contributed by atoms with Crippen LogP contribution in [0.5, 0.6) is 0 Å². The van der Waals surface area contributed by atoms with Gasteiger partial charge in [-0.1, -0.05) is 98.8 Å². The molecule has 1 saturated carbocycles. The third kappa shape index (κ3) is 10.0. The fourth-order valence-electron chi connectivity index (χ4n) is 9.30. The van der Waals surface area contributed by atoms with Crippen LogP contribution in [0.1, 0.15) is 77.3 Å². The standard InChI is InChI=1S/C49H55N3O6S2.K/c1-5-48(3)41-23-13-15-25-43(41)50(33-17-35-59(53,54)55)45(48)31-29-37-27-28-38(47(37)52(39-19-9-7-10-20-39)40-21-11-8-12-22-40)30-32-46-49(4,6-2)42-24-14-16-26-44(42)51(46)34-18-36-60(56,57)58;/h7-16,19-26,29-32H,5-6,17-18,27-28,33-36H2,1-4H3,(H-,53,54,55,56,57,58);/q;+1/p-1. The van der Waals surface area contributed by atoms with Crippen molar-refractivity contribution in [2.45, 2.75) is 77.0 Å². The second-order valence-corrected chi connectivity index (χ2v) is 19.3. The number of hydrogen-bond acceptors (Lipinski definition) is 8. The fraction of sp³-hybridized carbons (Fsp3) is 0.327. The number of para-hydroxylation sites is 4. The van der Waals surface area contributed by atoms with E-state index in [4.69, 9.17) is 0 Å². The molecule has 0 saturated heterocycles. The Kier molecular flexibility index (Phi) is 15.1. The van der Waals surface area contributed by atoms with Gasteiger partial charge in [0.1, 0.15) is 0 Å². The summed E-state index contributed by atoms with van der Waals surface area (Å²) in [6.07, 6.45) is 12.5. The zero-order valence-electron chi connectivity index (χ0n) is 35.9. The van der Waals surface area contributed by atoms with Gasteiger partial charge in [0.2, 0.25) is 17.1 Å². The summed E-state index contributed by atoms with van der Waals surface area (Å²) in [5.74, 6) is -0.851. The van der Waals surface area contributed by atoms with Crippen molar-refractivity contribution in [2.75, 3.05) is 34.4 Å². The molecule has 9 nitrogen and oxygen atoms in total. The van der Waals surface area contributed by atoms with Crippen LogP contribution in [0.4, 0.5) is 22.7 Å². The number of fused-ring (bicyclic) bond motifs is 2. The molecule has 2 heterocycles. The zero-order valence-corrected chi connectivity index (χ0v) is 40.6. The Balaban J connectivity index is 0.00000622. The molecule has 2 atom stereocenters. The third-order valence-corrected chi connectivity index (χ3v) is 14.2. The van der Waals surface area contributed by atoms with E-state index in [0.29, 0.717) is 13.1 Å². The maximum atomic E-state index is 11.7. The summed E-state index contributed by atoms with van der Waals surface area (Å²) in [5, 5.41) is 0. The van der Waals surface area contributed by atoms with E-state index in [1.807, 2.05) is 60.7 Å². The zero-order chi connectivity index (χ0) is 42.7. The van der Waals surface area contributed by atoms with E-state index in [0.717, 1.165) is 76.7 Å². The van der Waals surface area contributed by atoms with Gasteiger partial charge in [0.15, 0.2) is 0 Å². The predicted octanol–water partition coefficient (Wildman–Crippen LogP) is 6.63. The SMILES string of the molecule is CCC1(C)C(=CC=C2CCC(=CC=C3N(CCCS(=O)(=O)[O-])c4ccccc4C3(C)CC)C2=[N+](c2ccccc2)c2ccccc2)N(CCCS(=O)(=O)[O-])c2ccccc21.[K+]. The first-order chi connectivity index (χ1) is 28.7. The number of hydrogen-bond donors (Lipinski definition) is 0. The molecule has 12 heteroatoms.